The molecule has 0 saturated carbocycles. The normalized spacial score (nSPS) is 17.6. The maximum absolute atomic E-state index is 10.9. The van der Waals surface area contributed by atoms with Crippen molar-refractivity contribution < 1.29 is 24.6 Å². The van der Waals surface area contributed by atoms with E-state index in [0.29, 0.717) is 19.0 Å². The summed E-state index contributed by atoms with van der Waals surface area (Å²) in [6.07, 6.45) is 2.06. The van der Waals surface area contributed by atoms with Gasteiger partial charge in [0.05, 0.1) is 25.9 Å². The van der Waals surface area contributed by atoms with E-state index in [1.165, 1.54) is 0 Å². The number of nitrogens with one attached hydrogen (secondary N) is 1. The first kappa shape index (κ1) is 22.6. The molecule has 6 nitrogen and oxygen atoms in total. The van der Waals surface area contributed by atoms with E-state index in [9.17, 15) is 5.11 Å². The highest BCUT2D eigenvalue weighted by Gasteiger charge is 2.30. The van der Waals surface area contributed by atoms with Crippen molar-refractivity contribution in [2.75, 3.05) is 20.3 Å². The maximum atomic E-state index is 10.9. The van der Waals surface area contributed by atoms with Crippen molar-refractivity contribution in [3.63, 3.8) is 0 Å². The Bertz CT molecular complexity index is 1110. The van der Waals surface area contributed by atoms with Gasteiger partial charge in [0, 0.05) is 17.3 Å². The summed E-state index contributed by atoms with van der Waals surface area (Å²) < 4.78 is 16.7. The monoisotopic (exact) mass is 447 g/mol. The molecule has 0 aliphatic carbocycles. The van der Waals surface area contributed by atoms with Crippen molar-refractivity contribution in [1.29, 1.82) is 0 Å². The molecule has 2 unspecified atom stereocenters. The fourth-order valence-electron chi connectivity index (χ4n) is 4.09. The van der Waals surface area contributed by atoms with Crippen molar-refractivity contribution in [1.82, 2.24) is 5.32 Å². The van der Waals surface area contributed by atoms with Crippen LogP contribution in [-0.2, 0) is 0 Å². The number of hydrogen-bond donors (Lipinski definition) is 3. The van der Waals surface area contributed by atoms with Crippen molar-refractivity contribution >= 4 is 5.70 Å². The summed E-state index contributed by atoms with van der Waals surface area (Å²) in [7, 11) is 1.67. The molecule has 0 spiro atoms. The summed E-state index contributed by atoms with van der Waals surface area (Å²) in [4.78, 5) is 0. The summed E-state index contributed by atoms with van der Waals surface area (Å²) in [5.74, 6) is 2.31. The molecule has 1 aliphatic rings. The predicted molar refractivity (Wildman–Crippen MR) is 128 cm³/mol. The summed E-state index contributed by atoms with van der Waals surface area (Å²) >= 11 is 0. The minimum Gasteiger partial charge on any atom is -0.504 e. The minimum atomic E-state index is -0.121. The number of methoxy groups -OCH3 is 1. The summed E-state index contributed by atoms with van der Waals surface area (Å²) in [5.41, 5.74) is 3.92. The largest absolute Gasteiger partial charge is 0.504 e. The molecule has 0 amide bonds. The third-order valence-electron chi connectivity index (χ3n) is 5.68. The average Bonchev–Trinajstić information content (AvgIpc) is 2.86. The molecule has 0 radical (unpaired) electrons. The van der Waals surface area contributed by atoms with Gasteiger partial charge < -0.3 is 30.0 Å². The van der Waals surface area contributed by atoms with Gasteiger partial charge in [0.1, 0.15) is 17.5 Å². The number of benzene rings is 3. The SMILES string of the molecule is CCOc1ccc(C2=CC(c3cccc(OCC)c3O)[NH2+]C(c3cccc(OC)c3)N2)cc1. The van der Waals surface area contributed by atoms with Crippen LogP contribution in [-0.4, -0.2) is 25.4 Å². The lowest BCUT2D eigenvalue weighted by Crippen LogP contribution is -2.89. The van der Waals surface area contributed by atoms with Gasteiger partial charge in [0.25, 0.3) is 0 Å². The topological polar surface area (TPSA) is 76.6 Å². The quantitative estimate of drug-likeness (QED) is 0.484. The molecule has 33 heavy (non-hydrogen) atoms. The van der Waals surface area contributed by atoms with E-state index in [1.807, 2.05) is 68.4 Å². The first-order valence-corrected chi connectivity index (χ1v) is 11.3. The molecule has 4 N–H and O–H groups in total. The van der Waals surface area contributed by atoms with Crippen molar-refractivity contribution in [3.05, 3.63) is 89.5 Å². The van der Waals surface area contributed by atoms with Gasteiger partial charge in [-0.05, 0) is 67.9 Å². The van der Waals surface area contributed by atoms with Gasteiger partial charge in [-0.15, -0.1) is 0 Å². The van der Waals surface area contributed by atoms with Crippen LogP contribution in [0.2, 0.25) is 0 Å². The van der Waals surface area contributed by atoms with E-state index in [0.717, 1.165) is 33.9 Å². The van der Waals surface area contributed by atoms with Gasteiger partial charge in [0.2, 0.25) is 0 Å². The van der Waals surface area contributed by atoms with Crippen LogP contribution in [0.5, 0.6) is 23.0 Å². The van der Waals surface area contributed by atoms with Crippen LogP contribution in [0.25, 0.3) is 5.70 Å². The zero-order chi connectivity index (χ0) is 23.2. The van der Waals surface area contributed by atoms with Crippen LogP contribution in [0.15, 0.2) is 72.8 Å². The number of para-hydroxylation sites is 1. The fraction of sp³-hybridized carbons (Fsp3) is 0.259. The summed E-state index contributed by atoms with van der Waals surface area (Å²) in [6.45, 7) is 5.00. The lowest BCUT2D eigenvalue weighted by molar-refractivity contribution is -0.731. The Morgan fingerprint density at radius 1 is 0.909 bits per heavy atom. The second-order valence-electron chi connectivity index (χ2n) is 7.78. The van der Waals surface area contributed by atoms with Crippen LogP contribution < -0.4 is 24.8 Å². The zero-order valence-electron chi connectivity index (χ0n) is 19.2. The number of aromatic hydroxyl groups is 1. The van der Waals surface area contributed by atoms with Crippen LogP contribution >= 0.6 is 0 Å². The molecule has 0 bridgehead atoms. The summed E-state index contributed by atoms with van der Waals surface area (Å²) in [6, 6.07) is 21.6. The second-order valence-corrected chi connectivity index (χ2v) is 7.78. The van der Waals surface area contributed by atoms with Crippen molar-refractivity contribution in [2.24, 2.45) is 0 Å². The Balaban J connectivity index is 1.74. The molecule has 172 valence electrons. The van der Waals surface area contributed by atoms with Crippen LogP contribution in [0, 0.1) is 0 Å². The Kier molecular flexibility index (Phi) is 7.05. The lowest BCUT2D eigenvalue weighted by atomic mass is 9.97. The first-order chi connectivity index (χ1) is 16.1. The number of nitrogens with two attached hydrogens (primary N) is 1. The lowest BCUT2D eigenvalue weighted by Gasteiger charge is -2.30. The highest BCUT2D eigenvalue weighted by Crippen LogP contribution is 2.35. The fourth-order valence-corrected chi connectivity index (χ4v) is 4.09. The zero-order valence-corrected chi connectivity index (χ0v) is 19.2. The molecule has 6 heteroatoms. The molecule has 1 aliphatic heterocycles. The van der Waals surface area contributed by atoms with Crippen molar-refractivity contribution in [2.45, 2.75) is 26.1 Å². The van der Waals surface area contributed by atoms with E-state index in [1.54, 1.807) is 13.2 Å². The van der Waals surface area contributed by atoms with E-state index in [-0.39, 0.29) is 18.0 Å². The third-order valence-corrected chi connectivity index (χ3v) is 5.68. The first-order valence-electron chi connectivity index (χ1n) is 11.3. The van der Waals surface area contributed by atoms with Crippen LogP contribution in [0.3, 0.4) is 0 Å². The van der Waals surface area contributed by atoms with Gasteiger partial charge in [0.15, 0.2) is 17.7 Å². The predicted octanol–water partition coefficient (Wildman–Crippen LogP) is 4.15. The molecular formula is C27H31N2O4+. The minimum absolute atomic E-state index is 0.0770. The smallest absolute Gasteiger partial charge is 0.186 e. The van der Waals surface area contributed by atoms with Crippen LogP contribution in [0.1, 0.15) is 42.7 Å². The molecule has 3 aromatic rings. The highest BCUT2D eigenvalue weighted by molar-refractivity contribution is 5.66. The Labute approximate surface area is 194 Å². The van der Waals surface area contributed by atoms with Gasteiger partial charge in [-0.25, -0.2) is 0 Å². The molecule has 0 fully saturated rings. The number of phenols is 1. The molecule has 0 aromatic heterocycles. The molecule has 4 rings (SSSR count). The van der Waals surface area contributed by atoms with E-state index < -0.39 is 0 Å². The molecular weight excluding hydrogens is 416 g/mol. The van der Waals surface area contributed by atoms with E-state index >= 15 is 0 Å². The van der Waals surface area contributed by atoms with E-state index in [4.69, 9.17) is 14.2 Å². The number of ether oxygens (including phenoxy) is 3. The third kappa shape index (κ3) is 5.07. The number of phenolic OH excluding ortho intramolecular Hbond substituents is 1. The Morgan fingerprint density at radius 3 is 2.39 bits per heavy atom. The standard InChI is InChI=1S/C27H30N2O4/c1-4-32-20-14-12-18(13-15-20)23-17-24(22-10-7-11-25(26(22)30)33-5-2)29-27(28-23)19-8-6-9-21(16-19)31-3/h6-17,24,27-30H,4-5H2,1-3H3/p+1. The van der Waals surface area contributed by atoms with Gasteiger partial charge in [-0.1, -0.05) is 18.2 Å². The molecule has 3 aromatic carbocycles. The van der Waals surface area contributed by atoms with Gasteiger partial charge >= 0.3 is 0 Å². The van der Waals surface area contributed by atoms with Gasteiger partial charge in [-0.3, -0.25) is 0 Å². The van der Waals surface area contributed by atoms with Gasteiger partial charge in [-0.2, -0.15) is 0 Å². The second kappa shape index (κ2) is 10.3. The number of quaternary nitrogens is 1. The molecule has 1 heterocycles. The Hall–Kier alpha value is -3.64. The van der Waals surface area contributed by atoms with E-state index in [2.05, 4.69) is 22.8 Å². The number of rotatable bonds is 8. The highest BCUT2D eigenvalue weighted by atomic mass is 16.5. The van der Waals surface area contributed by atoms with Crippen molar-refractivity contribution in [3.8, 4) is 23.0 Å². The summed E-state index contributed by atoms with van der Waals surface area (Å²) in [5, 5.41) is 16.8. The molecule has 0 saturated heterocycles. The van der Waals surface area contributed by atoms with Crippen LogP contribution in [0.4, 0.5) is 0 Å². The maximum Gasteiger partial charge on any atom is 0.186 e. The Morgan fingerprint density at radius 2 is 1.67 bits per heavy atom. The average molecular weight is 448 g/mol. The number of hydrogen-bond acceptors (Lipinski definition) is 5. The molecule has 2 atom stereocenters.